The predicted octanol–water partition coefficient (Wildman–Crippen LogP) is 8.57. The highest BCUT2D eigenvalue weighted by molar-refractivity contribution is 6.32. The Morgan fingerprint density at radius 3 is 2.12 bits per heavy atom. The SMILES string of the molecule is COC(=O)Cc1cccc(OCC[C@@H](C)N(Cc2cccc(C(F)(F)F)c2Cl)CC(c2ccccc2)c2ccccc2)c1. The van der Waals surface area contributed by atoms with Crippen molar-refractivity contribution in [1.29, 1.82) is 0 Å². The summed E-state index contributed by atoms with van der Waals surface area (Å²) < 4.78 is 51.8. The van der Waals surface area contributed by atoms with Gasteiger partial charge in [0.1, 0.15) is 5.75 Å². The van der Waals surface area contributed by atoms with Gasteiger partial charge in [0.25, 0.3) is 0 Å². The summed E-state index contributed by atoms with van der Waals surface area (Å²) in [5.74, 6) is 0.277. The first kappa shape index (κ1) is 32.1. The van der Waals surface area contributed by atoms with Crippen molar-refractivity contribution >= 4 is 17.6 Å². The van der Waals surface area contributed by atoms with Crippen molar-refractivity contribution in [3.05, 3.63) is 136 Å². The number of hydrogen-bond acceptors (Lipinski definition) is 4. The zero-order valence-corrected chi connectivity index (χ0v) is 24.9. The molecule has 43 heavy (non-hydrogen) atoms. The maximum absolute atomic E-state index is 13.7. The Hall–Kier alpha value is -3.81. The molecule has 226 valence electrons. The van der Waals surface area contributed by atoms with Crippen molar-refractivity contribution in [3.8, 4) is 5.75 Å². The van der Waals surface area contributed by atoms with Crippen LogP contribution < -0.4 is 4.74 Å². The summed E-state index contributed by atoms with van der Waals surface area (Å²) in [5.41, 5.74) is 2.59. The molecular weight excluding hydrogens is 575 g/mol. The van der Waals surface area contributed by atoms with Gasteiger partial charge in [-0.2, -0.15) is 13.2 Å². The summed E-state index contributed by atoms with van der Waals surface area (Å²) >= 11 is 6.35. The van der Waals surface area contributed by atoms with Crippen molar-refractivity contribution < 1.29 is 27.4 Å². The number of alkyl halides is 3. The van der Waals surface area contributed by atoms with Crippen LogP contribution in [0.15, 0.2) is 103 Å². The van der Waals surface area contributed by atoms with E-state index in [4.69, 9.17) is 21.1 Å². The van der Waals surface area contributed by atoms with Crippen LogP contribution in [0.3, 0.4) is 0 Å². The number of halogens is 4. The molecule has 0 radical (unpaired) electrons. The summed E-state index contributed by atoms with van der Waals surface area (Å²) in [6.07, 6.45) is -3.79. The van der Waals surface area contributed by atoms with E-state index >= 15 is 0 Å². The lowest BCUT2D eigenvalue weighted by Crippen LogP contribution is -2.37. The maximum atomic E-state index is 13.7. The lowest BCUT2D eigenvalue weighted by atomic mass is 9.90. The van der Waals surface area contributed by atoms with E-state index in [0.717, 1.165) is 22.8 Å². The molecule has 0 heterocycles. The molecule has 0 aliphatic heterocycles. The fourth-order valence-electron chi connectivity index (χ4n) is 5.06. The molecule has 4 nitrogen and oxygen atoms in total. The van der Waals surface area contributed by atoms with Gasteiger partial charge >= 0.3 is 12.1 Å². The quantitative estimate of drug-likeness (QED) is 0.142. The van der Waals surface area contributed by atoms with Crippen molar-refractivity contribution in [1.82, 2.24) is 4.90 Å². The van der Waals surface area contributed by atoms with E-state index in [-0.39, 0.29) is 35.9 Å². The van der Waals surface area contributed by atoms with Crippen molar-refractivity contribution in [3.63, 3.8) is 0 Å². The predicted molar refractivity (Wildman–Crippen MR) is 163 cm³/mol. The van der Waals surface area contributed by atoms with Gasteiger partial charge in [0.15, 0.2) is 0 Å². The summed E-state index contributed by atoms with van der Waals surface area (Å²) in [6.45, 7) is 3.20. The zero-order chi connectivity index (χ0) is 30.8. The van der Waals surface area contributed by atoms with Gasteiger partial charge in [-0.05, 0) is 53.8 Å². The van der Waals surface area contributed by atoms with Gasteiger partial charge in [0.2, 0.25) is 0 Å². The molecule has 4 rings (SSSR count). The van der Waals surface area contributed by atoms with Crippen LogP contribution >= 0.6 is 11.6 Å². The second-order valence-corrected chi connectivity index (χ2v) is 10.8. The molecule has 4 aromatic rings. The molecule has 0 unspecified atom stereocenters. The first-order valence-corrected chi connectivity index (χ1v) is 14.5. The van der Waals surface area contributed by atoms with E-state index in [1.54, 1.807) is 6.07 Å². The molecule has 1 atom stereocenters. The number of benzene rings is 4. The molecule has 0 aliphatic carbocycles. The second-order valence-electron chi connectivity index (χ2n) is 10.5. The van der Waals surface area contributed by atoms with Crippen molar-refractivity contribution in [2.75, 3.05) is 20.3 Å². The van der Waals surface area contributed by atoms with Gasteiger partial charge < -0.3 is 9.47 Å². The Labute approximate surface area is 256 Å². The number of carbonyl (C=O) groups excluding carboxylic acids is 1. The van der Waals surface area contributed by atoms with Crippen LogP contribution in [0, 0.1) is 0 Å². The fraction of sp³-hybridized carbons (Fsp3) is 0.286. The van der Waals surface area contributed by atoms with E-state index in [9.17, 15) is 18.0 Å². The molecule has 0 bridgehead atoms. The van der Waals surface area contributed by atoms with E-state index < -0.39 is 11.7 Å². The van der Waals surface area contributed by atoms with Crippen molar-refractivity contribution in [2.24, 2.45) is 0 Å². The molecule has 0 fully saturated rings. The molecular formula is C35H35ClF3NO3. The smallest absolute Gasteiger partial charge is 0.417 e. The third-order valence-corrected chi connectivity index (χ3v) is 7.93. The highest BCUT2D eigenvalue weighted by Crippen LogP contribution is 2.37. The number of methoxy groups -OCH3 is 1. The average molecular weight is 610 g/mol. The Morgan fingerprint density at radius 2 is 1.51 bits per heavy atom. The molecule has 0 spiro atoms. The number of hydrogen-bond donors (Lipinski definition) is 0. The maximum Gasteiger partial charge on any atom is 0.417 e. The lowest BCUT2D eigenvalue weighted by Gasteiger charge is -2.34. The van der Waals surface area contributed by atoms with Crippen LogP contribution in [-0.4, -0.2) is 37.2 Å². The third-order valence-electron chi connectivity index (χ3n) is 7.48. The molecule has 0 saturated heterocycles. The summed E-state index contributed by atoms with van der Waals surface area (Å²) in [4.78, 5) is 13.8. The molecule has 8 heteroatoms. The number of esters is 1. The van der Waals surface area contributed by atoms with Gasteiger partial charge in [-0.15, -0.1) is 0 Å². The topological polar surface area (TPSA) is 38.8 Å². The minimum atomic E-state index is -4.55. The fourth-order valence-corrected chi connectivity index (χ4v) is 5.36. The van der Waals surface area contributed by atoms with Gasteiger partial charge in [-0.25, -0.2) is 0 Å². The first-order valence-electron chi connectivity index (χ1n) is 14.1. The van der Waals surface area contributed by atoms with Crippen LogP contribution in [0.5, 0.6) is 5.75 Å². The number of ether oxygens (including phenoxy) is 2. The van der Waals surface area contributed by atoms with Gasteiger partial charge in [0, 0.05) is 25.0 Å². The Bertz CT molecular complexity index is 1420. The van der Waals surface area contributed by atoms with E-state index in [2.05, 4.69) is 29.2 Å². The van der Waals surface area contributed by atoms with Crippen LogP contribution in [0.1, 0.15) is 47.1 Å². The highest BCUT2D eigenvalue weighted by Gasteiger charge is 2.34. The summed E-state index contributed by atoms with van der Waals surface area (Å²) in [7, 11) is 1.35. The monoisotopic (exact) mass is 609 g/mol. The highest BCUT2D eigenvalue weighted by atomic mass is 35.5. The number of nitrogens with zero attached hydrogens (tertiary/aromatic N) is 1. The average Bonchev–Trinajstić information content (AvgIpc) is 3.00. The van der Waals surface area contributed by atoms with E-state index in [1.165, 1.54) is 13.2 Å². The standard InChI is InChI=1S/C35H35ClF3NO3/c1-25(19-20-43-30-17-9-11-26(21-30)22-33(41)42-2)40(23-29-16-10-18-32(34(29)36)35(37,38)39)24-31(27-12-5-3-6-13-27)28-14-7-4-8-15-28/h3-18,21,25,31H,19-20,22-24H2,1-2H3/t25-/m1/s1. The molecule has 0 amide bonds. The summed E-state index contributed by atoms with van der Waals surface area (Å²) in [5, 5.41) is -0.276. The van der Waals surface area contributed by atoms with E-state index in [1.807, 2.05) is 67.6 Å². The molecule has 0 aromatic heterocycles. The molecule has 4 aromatic carbocycles. The second kappa shape index (κ2) is 15.1. The lowest BCUT2D eigenvalue weighted by molar-refractivity contribution is -0.140. The van der Waals surface area contributed by atoms with Gasteiger partial charge in [-0.1, -0.05) is 96.5 Å². The molecule has 0 N–H and O–H groups in total. The Morgan fingerprint density at radius 1 is 0.884 bits per heavy atom. The van der Waals surface area contributed by atoms with Crippen molar-refractivity contribution in [2.45, 2.75) is 44.4 Å². The number of rotatable bonds is 13. The molecule has 0 saturated carbocycles. The van der Waals surface area contributed by atoms with Crippen LogP contribution in [-0.2, 0) is 28.7 Å². The third kappa shape index (κ3) is 9.09. The Balaban J connectivity index is 1.58. The summed E-state index contributed by atoms with van der Waals surface area (Å²) in [6, 6.07) is 31.5. The molecule has 0 aliphatic rings. The Kier molecular flexibility index (Phi) is 11.3. The van der Waals surface area contributed by atoms with Crippen LogP contribution in [0.2, 0.25) is 5.02 Å². The minimum absolute atomic E-state index is 0.0228. The largest absolute Gasteiger partial charge is 0.494 e. The van der Waals surface area contributed by atoms with Crippen LogP contribution in [0.25, 0.3) is 0 Å². The van der Waals surface area contributed by atoms with Gasteiger partial charge in [-0.3, -0.25) is 9.69 Å². The van der Waals surface area contributed by atoms with Gasteiger partial charge in [0.05, 0.1) is 30.7 Å². The normalized spacial score (nSPS) is 12.4. The number of carbonyl (C=O) groups is 1. The van der Waals surface area contributed by atoms with Crippen LogP contribution in [0.4, 0.5) is 13.2 Å². The van der Waals surface area contributed by atoms with E-state index in [0.29, 0.717) is 30.9 Å². The first-order chi connectivity index (χ1) is 20.7. The zero-order valence-electron chi connectivity index (χ0n) is 24.2. The minimum Gasteiger partial charge on any atom is -0.494 e.